The summed E-state index contributed by atoms with van der Waals surface area (Å²) in [5.41, 5.74) is 6.60. The van der Waals surface area contributed by atoms with Crippen LogP contribution in [0.5, 0.6) is 0 Å². The fourth-order valence-corrected chi connectivity index (χ4v) is 1.55. The molecule has 14 heavy (non-hydrogen) atoms. The van der Waals surface area contributed by atoms with E-state index in [0.717, 1.165) is 0 Å². The van der Waals surface area contributed by atoms with E-state index in [2.05, 4.69) is 4.74 Å². The molecule has 0 bridgehead atoms. The summed E-state index contributed by atoms with van der Waals surface area (Å²) in [4.78, 5) is 11.0. The second kappa shape index (κ2) is 4.53. The first kappa shape index (κ1) is 11.1. The van der Waals surface area contributed by atoms with Gasteiger partial charge in [-0.05, 0) is 17.7 Å². The lowest BCUT2D eigenvalue weighted by Crippen LogP contribution is -2.07. The lowest BCUT2D eigenvalue weighted by Gasteiger charge is -2.06. The molecule has 2 N–H and O–H groups in total. The molecule has 0 atom stereocenters. The van der Waals surface area contributed by atoms with Crippen molar-refractivity contribution in [2.45, 2.75) is 6.42 Å². The normalized spacial score (nSPS) is 9.93. The third kappa shape index (κ3) is 2.53. The first-order valence-electron chi connectivity index (χ1n) is 3.84. The molecule has 3 nitrogen and oxygen atoms in total. The number of carbonyl (C=O) groups is 1. The number of halogens is 2. The molecule has 1 aromatic carbocycles. The topological polar surface area (TPSA) is 52.3 Å². The maximum atomic E-state index is 11.0. The first-order chi connectivity index (χ1) is 6.54. The Bertz CT molecular complexity index is 366. The van der Waals surface area contributed by atoms with E-state index < -0.39 is 0 Å². The number of ether oxygens (including phenoxy) is 1. The van der Waals surface area contributed by atoms with Crippen LogP contribution in [0.25, 0.3) is 0 Å². The van der Waals surface area contributed by atoms with E-state index in [1.54, 1.807) is 6.07 Å². The highest BCUT2D eigenvalue weighted by atomic mass is 35.5. The van der Waals surface area contributed by atoms with Gasteiger partial charge in [-0.1, -0.05) is 23.2 Å². The predicted octanol–water partition coefficient (Wildman–Crippen LogP) is 2.29. The van der Waals surface area contributed by atoms with Gasteiger partial charge in [0.15, 0.2) is 0 Å². The van der Waals surface area contributed by atoms with Crippen LogP contribution in [0.1, 0.15) is 5.56 Å². The number of anilines is 1. The lowest BCUT2D eigenvalue weighted by molar-refractivity contribution is -0.139. The average Bonchev–Trinajstić information content (AvgIpc) is 2.13. The predicted molar refractivity (Wildman–Crippen MR) is 56.6 cm³/mol. The fraction of sp³-hybridized carbons (Fsp3) is 0.222. The van der Waals surface area contributed by atoms with Gasteiger partial charge in [0.2, 0.25) is 0 Å². The lowest BCUT2D eigenvalue weighted by atomic mass is 10.1. The number of methoxy groups -OCH3 is 1. The van der Waals surface area contributed by atoms with Crippen LogP contribution in [-0.4, -0.2) is 13.1 Å². The third-order valence-electron chi connectivity index (χ3n) is 1.74. The van der Waals surface area contributed by atoms with Crippen molar-refractivity contribution >= 4 is 34.9 Å². The molecule has 0 aliphatic rings. The quantitative estimate of drug-likeness (QED) is 0.630. The molecule has 0 saturated heterocycles. The van der Waals surface area contributed by atoms with Crippen molar-refractivity contribution in [3.63, 3.8) is 0 Å². The van der Waals surface area contributed by atoms with Gasteiger partial charge < -0.3 is 10.5 Å². The first-order valence-corrected chi connectivity index (χ1v) is 4.60. The molecule has 0 spiro atoms. The summed E-state index contributed by atoms with van der Waals surface area (Å²) in [6, 6.07) is 3.12. The molecule has 0 fully saturated rings. The highest BCUT2D eigenvalue weighted by Gasteiger charge is 2.10. The van der Waals surface area contributed by atoms with Crippen molar-refractivity contribution in [3.8, 4) is 0 Å². The van der Waals surface area contributed by atoms with Crippen LogP contribution in [0, 0.1) is 0 Å². The molecule has 0 aliphatic carbocycles. The molecule has 0 aliphatic heterocycles. The zero-order chi connectivity index (χ0) is 10.7. The number of esters is 1. The molecule has 76 valence electrons. The Kier molecular flexibility index (Phi) is 3.61. The third-order valence-corrected chi connectivity index (χ3v) is 2.27. The van der Waals surface area contributed by atoms with E-state index in [1.165, 1.54) is 13.2 Å². The van der Waals surface area contributed by atoms with Crippen molar-refractivity contribution in [2.24, 2.45) is 0 Å². The van der Waals surface area contributed by atoms with E-state index in [0.29, 0.717) is 21.3 Å². The molecule has 1 aromatic rings. The number of hydrogen-bond acceptors (Lipinski definition) is 3. The van der Waals surface area contributed by atoms with Crippen molar-refractivity contribution in [2.75, 3.05) is 12.8 Å². The summed E-state index contributed by atoms with van der Waals surface area (Å²) in [5.74, 6) is -0.380. The van der Waals surface area contributed by atoms with Crippen molar-refractivity contribution in [1.82, 2.24) is 0 Å². The SMILES string of the molecule is COC(=O)Cc1cc(Cl)cc(Cl)c1N. The average molecular weight is 234 g/mol. The van der Waals surface area contributed by atoms with Crippen LogP contribution in [-0.2, 0) is 16.0 Å². The van der Waals surface area contributed by atoms with Crippen LogP contribution in [0.3, 0.4) is 0 Å². The Hall–Kier alpha value is -0.930. The van der Waals surface area contributed by atoms with Gasteiger partial charge in [0.25, 0.3) is 0 Å². The molecule has 0 unspecified atom stereocenters. The van der Waals surface area contributed by atoms with Gasteiger partial charge in [0, 0.05) is 5.02 Å². The summed E-state index contributed by atoms with van der Waals surface area (Å²) >= 11 is 11.5. The summed E-state index contributed by atoms with van der Waals surface area (Å²) in [7, 11) is 1.31. The van der Waals surface area contributed by atoms with Gasteiger partial charge >= 0.3 is 5.97 Å². The van der Waals surface area contributed by atoms with Crippen LogP contribution in [0.2, 0.25) is 10.0 Å². The second-order valence-electron chi connectivity index (χ2n) is 2.71. The molecule has 0 saturated carbocycles. The molecule has 1 rings (SSSR count). The Morgan fingerprint density at radius 1 is 1.50 bits per heavy atom. The molecule has 0 radical (unpaired) electrons. The highest BCUT2D eigenvalue weighted by molar-refractivity contribution is 6.36. The van der Waals surface area contributed by atoms with Crippen LogP contribution in [0.15, 0.2) is 12.1 Å². The number of hydrogen-bond donors (Lipinski definition) is 1. The number of benzene rings is 1. The van der Waals surface area contributed by atoms with Crippen molar-refractivity contribution in [1.29, 1.82) is 0 Å². The van der Waals surface area contributed by atoms with Crippen molar-refractivity contribution in [3.05, 3.63) is 27.7 Å². The van der Waals surface area contributed by atoms with Gasteiger partial charge in [0.05, 0.1) is 24.2 Å². The Balaban J connectivity index is 3.02. The van der Waals surface area contributed by atoms with Gasteiger partial charge in [-0.2, -0.15) is 0 Å². The number of nitrogen functional groups attached to an aromatic ring is 1. The smallest absolute Gasteiger partial charge is 0.310 e. The Labute approximate surface area is 91.7 Å². The molecule has 5 heteroatoms. The monoisotopic (exact) mass is 233 g/mol. The molecule has 0 aromatic heterocycles. The maximum absolute atomic E-state index is 11.0. The highest BCUT2D eigenvalue weighted by Crippen LogP contribution is 2.27. The molecule has 0 amide bonds. The Morgan fingerprint density at radius 2 is 2.14 bits per heavy atom. The summed E-state index contributed by atoms with van der Waals surface area (Å²) in [6.45, 7) is 0. The minimum atomic E-state index is -0.380. The number of carbonyl (C=O) groups excluding carboxylic acids is 1. The fourth-order valence-electron chi connectivity index (χ4n) is 1.01. The molecule has 0 heterocycles. The molecular formula is C9H9Cl2NO2. The number of nitrogens with two attached hydrogens (primary N) is 1. The zero-order valence-corrected chi connectivity index (χ0v) is 9.02. The van der Waals surface area contributed by atoms with Crippen molar-refractivity contribution < 1.29 is 9.53 Å². The van der Waals surface area contributed by atoms with E-state index in [-0.39, 0.29) is 12.4 Å². The summed E-state index contributed by atoms with van der Waals surface area (Å²) < 4.78 is 4.51. The zero-order valence-electron chi connectivity index (χ0n) is 7.51. The van der Waals surface area contributed by atoms with E-state index in [1.807, 2.05) is 0 Å². The summed E-state index contributed by atoms with van der Waals surface area (Å²) in [6.07, 6.45) is 0.0720. The Morgan fingerprint density at radius 3 is 2.71 bits per heavy atom. The number of rotatable bonds is 2. The second-order valence-corrected chi connectivity index (χ2v) is 3.56. The maximum Gasteiger partial charge on any atom is 0.310 e. The van der Waals surface area contributed by atoms with Gasteiger partial charge in [-0.3, -0.25) is 4.79 Å². The largest absolute Gasteiger partial charge is 0.469 e. The molecular weight excluding hydrogens is 225 g/mol. The van der Waals surface area contributed by atoms with Crippen LogP contribution in [0.4, 0.5) is 5.69 Å². The summed E-state index contributed by atoms with van der Waals surface area (Å²) in [5, 5.41) is 0.791. The van der Waals surface area contributed by atoms with Gasteiger partial charge in [-0.25, -0.2) is 0 Å². The van der Waals surface area contributed by atoms with Gasteiger partial charge in [0.1, 0.15) is 0 Å². The van der Waals surface area contributed by atoms with E-state index >= 15 is 0 Å². The van der Waals surface area contributed by atoms with E-state index in [4.69, 9.17) is 28.9 Å². The van der Waals surface area contributed by atoms with E-state index in [9.17, 15) is 4.79 Å². The standard InChI is InChI=1S/C9H9Cl2NO2/c1-14-8(13)3-5-2-6(10)4-7(11)9(5)12/h2,4H,3,12H2,1H3. The van der Waals surface area contributed by atoms with Gasteiger partial charge in [-0.15, -0.1) is 0 Å². The minimum absolute atomic E-state index is 0.0720. The minimum Gasteiger partial charge on any atom is -0.469 e. The van der Waals surface area contributed by atoms with Crippen LogP contribution >= 0.6 is 23.2 Å². The van der Waals surface area contributed by atoms with Crippen LogP contribution < -0.4 is 5.73 Å².